The molecule has 7 nitrogen and oxygen atoms in total. The molecule has 1 heterocycles. The third-order valence-corrected chi connectivity index (χ3v) is 4.29. The van der Waals surface area contributed by atoms with Crippen molar-refractivity contribution in [2.75, 3.05) is 5.32 Å². The summed E-state index contributed by atoms with van der Waals surface area (Å²) in [6, 6.07) is 6.40. The molecular weight excluding hydrogens is 453 g/mol. The van der Waals surface area contributed by atoms with E-state index in [1.54, 1.807) is 6.92 Å². The molecule has 0 aliphatic rings. The largest absolute Gasteiger partial charge is 0.499 e. The van der Waals surface area contributed by atoms with Crippen molar-refractivity contribution >= 4 is 17.6 Å². The van der Waals surface area contributed by atoms with Crippen LogP contribution in [0.15, 0.2) is 36.4 Å². The normalized spacial score (nSPS) is 13.3. The third-order valence-electron chi connectivity index (χ3n) is 4.29. The molecule has 0 spiro atoms. The predicted octanol–water partition coefficient (Wildman–Crippen LogP) is 4.12. The van der Waals surface area contributed by atoms with Crippen LogP contribution in [0.5, 0.6) is 5.75 Å². The van der Waals surface area contributed by atoms with Crippen molar-refractivity contribution < 1.29 is 41.4 Å². The summed E-state index contributed by atoms with van der Waals surface area (Å²) in [5.41, 5.74) is -0.999. The van der Waals surface area contributed by atoms with E-state index in [2.05, 4.69) is 20.4 Å². The number of amides is 2. The monoisotopic (exact) mass is 475 g/mol. The Hall–Kier alpha value is -3.28. The second-order valence-corrected chi connectivity index (χ2v) is 7.78. The molecular formula is C21H22F5N3O4. The number of halogens is 5. The number of benzene rings is 1. The van der Waals surface area contributed by atoms with E-state index in [-0.39, 0.29) is 16.9 Å². The molecule has 0 saturated heterocycles. The molecule has 0 saturated carbocycles. The van der Waals surface area contributed by atoms with Crippen molar-refractivity contribution in [2.45, 2.75) is 51.6 Å². The summed E-state index contributed by atoms with van der Waals surface area (Å²) in [4.78, 5) is 28.7. The Labute approximate surface area is 186 Å². The Balaban J connectivity index is 2.17. The molecule has 0 bridgehead atoms. The molecule has 2 aromatic rings. The first-order valence-electron chi connectivity index (χ1n) is 9.56. The summed E-state index contributed by atoms with van der Waals surface area (Å²) in [5.74, 6) is -2.08. The smallest absolute Gasteiger partial charge is 0.426 e. The molecule has 12 heteroatoms. The van der Waals surface area contributed by atoms with Gasteiger partial charge < -0.3 is 20.5 Å². The highest BCUT2D eigenvalue weighted by Gasteiger charge is 2.61. The van der Waals surface area contributed by atoms with Crippen LogP contribution in [0.4, 0.5) is 27.8 Å². The molecule has 1 aromatic heterocycles. The van der Waals surface area contributed by atoms with E-state index in [9.17, 15) is 36.6 Å². The first kappa shape index (κ1) is 26.0. The Kier molecular flexibility index (Phi) is 7.32. The summed E-state index contributed by atoms with van der Waals surface area (Å²) >= 11 is 0. The second kappa shape index (κ2) is 9.30. The third kappa shape index (κ3) is 6.85. The number of alkyl halides is 5. The molecule has 2 amide bonds. The van der Waals surface area contributed by atoms with E-state index in [4.69, 9.17) is 0 Å². The van der Waals surface area contributed by atoms with Gasteiger partial charge in [0, 0.05) is 11.3 Å². The van der Waals surface area contributed by atoms with Gasteiger partial charge in [-0.1, -0.05) is 12.1 Å². The number of aryl methyl sites for hydroxylation is 1. The van der Waals surface area contributed by atoms with Crippen molar-refractivity contribution in [2.24, 2.45) is 0 Å². The van der Waals surface area contributed by atoms with Gasteiger partial charge in [-0.05, 0) is 57.5 Å². The fourth-order valence-electron chi connectivity index (χ4n) is 2.55. The number of rotatable bonds is 7. The van der Waals surface area contributed by atoms with Gasteiger partial charge in [-0.2, -0.15) is 22.0 Å². The lowest BCUT2D eigenvalue weighted by molar-refractivity contribution is -0.360. The highest BCUT2D eigenvalue weighted by atomic mass is 19.4. The van der Waals surface area contributed by atoms with Crippen LogP contribution in [0.25, 0.3) is 0 Å². The number of hydrogen-bond acceptors (Lipinski definition) is 5. The minimum Gasteiger partial charge on any atom is -0.426 e. The maximum absolute atomic E-state index is 13.2. The number of anilines is 1. The lowest BCUT2D eigenvalue weighted by Crippen LogP contribution is -2.41. The molecule has 3 N–H and O–H groups in total. The average Bonchev–Trinajstić information content (AvgIpc) is 2.65. The number of hydrogen-bond donors (Lipinski definition) is 3. The van der Waals surface area contributed by atoms with Gasteiger partial charge in [-0.25, -0.2) is 4.98 Å². The Bertz CT molecular complexity index is 1040. The molecule has 1 atom stereocenters. The molecule has 2 rings (SSSR count). The Morgan fingerprint density at radius 2 is 1.73 bits per heavy atom. The van der Waals surface area contributed by atoms with Gasteiger partial charge in [0.25, 0.3) is 11.8 Å². The lowest BCUT2D eigenvalue weighted by Gasteiger charge is -2.21. The summed E-state index contributed by atoms with van der Waals surface area (Å²) in [5, 5.41) is 14.7. The molecule has 0 aliphatic heterocycles. The maximum atomic E-state index is 13.2. The van der Waals surface area contributed by atoms with Gasteiger partial charge in [0.2, 0.25) is 0 Å². The molecule has 0 radical (unpaired) electrons. The lowest BCUT2D eigenvalue weighted by atomic mass is 10.1. The number of carbonyl (C=O) groups is 2. The summed E-state index contributed by atoms with van der Waals surface area (Å²) in [6.07, 6.45) is -11.3. The van der Waals surface area contributed by atoms with Crippen LogP contribution in [-0.2, 0) is 4.79 Å². The van der Waals surface area contributed by atoms with E-state index >= 15 is 0 Å². The molecule has 0 unspecified atom stereocenters. The minimum absolute atomic E-state index is 0.0182. The van der Waals surface area contributed by atoms with Crippen LogP contribution in [-0.4, -0.2) is 39.8 Å². The maximum Gasteiger partial charge on any atom is 0.499 e. The van der Waals surface area contributed by atoms with E-state index in [0.29, 0.717) is 5.69 Å². The molecule has 0 aliphatic carbocycles. The van der Waals surface area contributed by atoms with Gasteiger partial charge in [0.1, 0.15) is 17.2 Å². The van der Waals surface area contributed by atoms with Crippen LogP contribution < -0.4 is 15.4 Å². The highest BCUT2D eigenvalue weighted by molar-refractivity contribution is 5.98. The van der Waals surface area contributed by atoms with Gasteiger partial charge in [0.15, 0.2) is 0 Å². The second-order valence-electron chi connectivity index (χ2n) is 7.78. The average molecular weight is 475 g/mol. The van der Waals surface area contributed by atoms with Gasteiger partial charge in [-0.3, -0.25) is 9.59 Å². The van der Waals surface area contributed by atoms with E-state index in [0.717, 1.165) is 12.1 Å². The molecule has 1 aromatic carbocycles. The quantitative estimate of drug-likeness (QED) is 0.523. The van der Waals surface area contributed by atoms with Crippen LogP contribution in [0, 0.1) is 6.92 Å². The number of nitrogens with one attached hydrogen (secondary N) is 2. The Morgan fingerprint density at radius 1 is 1.09 bits per heavy atom. The summed E-state index contributed by atoms with van der Waals surface area (Å²) in [6.45, 7) is 5.61. The molecule has 0 fully saturated rings. The van der Waals surface area contributed by atoms with Crippen LogP contribution >= 0.6 is 0 Å². The van der Waals surface area contributed by atoms with Gasteiger partial charge in [0.05, 0.1) is 6.04 Å². The van der Waals surface area contributed by atoms with Crippen molar-refractivity contribution in [1.29, 1.82) is 0 Å². The number of pyridine rings is 1. The summed E-state index contributed by atoms with van der Waals surface area (Å²) < 4.78 is 67.2. The van der Waals surface area contributed by atoms with Crippen molar-refractivity contribution in [3.05, 3.63) is 53.2 Å². The van der Waals surface area contributed by atoms with E-state index < -0.39 is 41.5 Å². The fourth-order valence-corrected chi connectivity index (χ4v) is 2.55. The van der Waals surface area contributed by atoms with Crippen LogP contribution in [0.1, 0.15) is 48.4 Å². The predicted molar refractivity (Wildman–Crippen MR) is 108 cm³/mol. The zero-order valence-electron chi connectivity index (χ0n) is 18.1. The number of aliphatic hydroxyl groups is 1. The van der Waals surface area contributed by atoms with Crippen LogP contribution in [0.3, 0.4) is 0 Å². The summed E-state index contributed by atoms with van der Waals surface area (Å²) in [7, 11) is 0. The van der Waals surface area contributed by atoms with Crippen molar-refractivity contribution in [3.63, 3.8) is 0 Å². The first-order valence-corrected chi connectivity index (χ1v) is 9.56. The van der Waals surface area contributed by atoms with E-state index in [1.807, 2.05) is 0 Å². The minimum atomic E-state index is -5.89. The SMILES string of the molecule is Cc1cc(C(=O)N[C@H](C)c2cccc(OC(F)(F)C(F)(F)F)c2)cc(NC(=O)C(C)(C)O)n1. The van der Waals surface area contributed by atoms with Crippen LogP contribution in [0.2, 0.25) is 0 Å². The number of carbonyl (C=O) groups excluding carboxylic acids is 2. The first-order chi connectivity index (χ1) is 15.0. The topological polar surface area (TPSA) is 101 Å². The van der Waals surface area contributed by atoms with Crippen molar-refractivity contribution in [1.82, 2.24) is 10.3 Å². The molecule has 180 valence electrons. The van der Waals surface area contributed by atoms with Crippen molar-refractivity contribution in [3.8, 4) is 5.75 Å². The zero-order chi connectivity index (χ0) is 25.2. The standard InChI is InChI=1S/C21H22F5N3O4/c1-11-8-14(10-16(27-11)29-18(31)19(3,4)32)17(30)28-12(2)13-6-5-7-15(9-13)33-21(25,26)20(22,23)24/h5-10,12,32H,1-4H3,(H,28,30)(H,27,29,31)/t12-/m1/s1. The highest BCUT2D eigenvalue weighted by Crippen LogP contribution is 2.37. The van der Waals surface area contributed by atoms with Gasteiger partial charge >= 0.3 is 12.3 Å². The zero-order valence-corrected chi connectivity index (χ0v) is 18.1. The number of nitrogens with zero attached hydrogens (tertiary/aromatic N) is 1. The fraction of sp³-hybridized carbons (Fsp3) is 0.381. The van der Waals surface area contributed by atoms with Gasteiger partial charge in [-0.15, -0.1) is 0 Å². The Morgan fingerprint density at radius 3 is 2.30 bits per heavy atom. The van der Waals surface area contributed by atoms with E-state index in [1.165, 1.54) is 45.0 Å². The number of aromatic nitrogens is 1. The number of ether oxygens (including phenoxy) is 1. The molecule has 33 heavy (non-hydrogen) atoms.